The summed E-state index contributed by atoms with van der Waals surface area (Å²) in [6, 6.07) is 0. The maximum atomic E-state index is 12.7. The van der Waals surface area contributed by atoms with Crippen LogP contribution in [0, 0.1) is 11.8 Å². The van der Waals surface area contributed by atoms with Crippen LogP contribution in [0.4, 0.5) is 0 Å². The first-order chi connectivity index (χ1) is 14.5. The molecule has 0 aromatic carbocycles. The van der Waals surface area contributed by atoms with Gasteiger partial charge in [0.25, 0.3) is 0 Å². The Morgan fingerprint density at radius 2 is 1.59 bits per heavy atom. The molecule has 0 aromatic rings. The Balaban J connectivity index is 3.14. The van der Waals surface area contributed by atoms with E-state index in [1.54, 1.807) is 0 Å². The number of hydrogen-bond donors (Lipinski definition) is 1. The number of unbranched alkanes of at least 4 members (excludes halogenated alkanes) is 2. The van der Waals surface area contributed by atoms with Crippen LogP contribution >= 0.6 is 0 Å². The van der Waals surface area contributed by atoms with E-state index in [0.717, 1.165) is 12.8 Å². The lowest BCUT2D eigenvalue weighted by atomic mass is 9.94. The predicted molar refractivity (Wildman–Crippen MR) is 141 cm³/mol. The van der Waals surface area contributed by atoms with Gasteiger partial charge in [0.05, 0.1) is 18.8 Å². The molecule has 1 N–H and O–H groups in total. The number of aliphatic hydroxyl groups excluding tert-OH is 1. The smallest absolute Gasteiger partial charge is 0.192 e. The van der Waals surface area contributed by atoms with E-state index < -0.39 is 16.6 Å². The number of rotatable bonds is 11. The van der Waals surface area contributed by atoms with Gasteiger partial charge in [0.2, 0.25) is 0 Å². The molecule has 0 spiro atoms. The molecule has 32 heavy (non-hydrogen) atoms. The van der Waals surface area contributed by atoms with Crippen LogP contribution in [0.1, 0.15) is 80.6 Å². The summed E-state index contributed by atoms with van der Waals surface area (Å²) in [5.74, 6) is -0.331. The van der Waals surface area contributed by atoms with Gasteiger partial charge in [-0.3, -0.25) is 4.79 Å². The van der Waals surface area contributed by atoms with Crippen molar-refractivity contribution in [3.05, 3.63) is 12.2 Å². The van der Waals surface area contributed by atoms with Crippen molar-refractivity contribution in [3.63, 3.8) is 0 Å². The zero-order chi connectivity index (χ0) is 25.0. The number of ketones is 1. The first-order valence-corrected chi connectivity index (χ1v) is 18.5. The molecule has 1 aliphatic carbocycles. The quantitative estimate of drug-likeness (QED) is 0.193. The highest BCUT2D eigenvalue weighted by molar-refractivity contribution is 6.74. The van der Waals surface area contributed by atoms with Crippen LogP contribution < -0.4 is 0 Å². The summed E-state index contributed by atoms with van der Waals surface area (Å²) in [7, 11) is -3.94. The third-order valence-corrected chi connectivity index (χ3v) is 17.1. The van der Waals surface area contributed by atoms with Gasteiger partial charge in [0.1, 0.15) is 5.78 Å². The van der Waals surface area contributed by atoms with Crippen molar-refractivity contribution in [2.75, 3.05) is 6.61 Å². The number of carbonyl (C=O) groups excluding carboxylic acids is 1. The summed E-state index contributed by atoms with van der Waals surface area (Å²) < 4.78 is 13.5. The Morgan fingerprint density at radius 3 is 2.06 bits per heavy atom. The molecule has 1 saturated carbocycles. The average molecular weight is 485 g/mol. The van der Waals surface area contributed by atoms with Crippen LogP contribution in [0.25, 0.3) is 0 Å². The van der Waals surface area contributed by atoms with Crippen LogP contribution in [0.5, 0.6) is 0 Å². The fourth-order valence-corrected chi connectivity index (χ4v) is 6.37. The van der Waals surface area contributed by atoms with Crippen LogP contribution in [-0.2, 0) is 13.6 Å². The van der Waals surface area contributed by atoms with E-state index in [0.29, 0.717) is 6.42 Å². The summed E-state index contributed by atoms with van der Waals surface area (Å²) in [6.07, 6.45) is 9.14. The molecule has 4 nitrogen and oxygen atoms in total. The molecule has 4 atom stereocenters. The normalized spacial score (nSPS) is 24.5. The molecule has 1 rings (SSSR count). The van der Waals surface area contributed by atoms with Crippen molar-refractivity contribution >= 4 is 22.4 Å². The molecule has 188 valence electrons. The Morgan fingerprint density at radius 1 is 1.03 bits per heavy atom. The highest BCUT2D eigenvalue weighted by atomic mass is 28.4. The van der Waals surface area contributed by atoms with Gasteiger partial charge in [-0.2, -0.15) is 0 Å². The Hall–Kier alpha value is -0.276. The zero-order valence-corrected chi connectivity index (χ0v) is 24.9. The first-order valence-electron chi connectivity index (χ1n) is 12.6. The molecular formula is C26H52O4Si2. The van der Waals surface area contributed by atoms with Crippen LogP contribution in [-0.4, -0.2) is 46.3 Å². The van der Waals surface area contributed by atoms with Crippen molar-refractivity contribution in [1.29, 1.82) is 0 Å². The second kappa shape index (κ2) is 11.4. The van der Waals surface area contributed by atoms with E-state index in [4.69, 9.17) is 8.85 Å². The number of Topliss-reactive ketones (excluding diaryl/α,β-unsaturated/α-hetero) is 1. The number of hydrogen-bond acceptors (Lipinski definition) is 4. The van der Waals surface area contributed by atoms with Crippen LogP contribution in [0.3, 0.4) is 0 Å². The van der Waals surface area contributed by atoms with Gasteiger partial charge in [-0.15, -0.1) is 0 Å². The summed E-state index contributed by atoms with van der Waals surface area (Å²) in [4.78, 5) is 12.7. The summed E-state index contributed by atoms with van der Waals surface area (Å²) in [5.41, 5.74) is 0. The van der Waals surface area contributed by atoms with Crippen molar-refractivity contribution in [2.45, 2.75) is 129 Å². The molecule has 0 heterocycles. The Kier molecular flexibility index (Phi) is 10.6. The van der Waals surface area contributed by atoms with Gasteiger partial charge in [-0.25, -0.2) is 0 Å². The van der Waals surface area contributed by atoms with Crippen molar-refractivity contribution in [1.82, 2.24) is 0 Å². The second-order valence-corrected chi connectivity index (χ2v) is 22.3. The molecular weight excluding hydrogens is 432 g/mol. The Bertz CT molecular complexity index is 629. The van der Waals surface area contributed by atoms with Gasteiger partial charge < -0.3 is 14.0 Å². The summed E-state index contributed by atoms with van der Waals surface area (Å²) in [6.45, 7) is 24.7. The molecule has 1 fully saturated rings. The lowest BCUT2D eigenvalue weighted by Gasteiger charge is -2.40. The zero-order valence-electron chi connectivity index (χ0n) is 22.9. The van der Waals surface area contributed by atoms with E-state index in [1.807, 2.05) is 0 Å². The van der Waals surface area contributed by atoms with Crippen LogP contribution in [0.15, 0.2) is 12.2 Å². The van der Waals surface area contributed by atoms with Crippen molar-refractivity contribution in [3.8, 4) is 0 Å². The minimum Gasteiger partial charge on any atom is -0.413 e. The molecule has 0 radical (unpaired) electrons. The average Bonchev–Trinajstić information content (AvgIpc) is 2.91. The van der Waals surface area contributed by atoms with E-state index in [9.17, 15) is 9.90 Å². The predicted octanol–water partition coefficient (Wildman–Crippen LogP) is 7.10. The molecule has 0 bridgehead atoms. The SMILES string of the molecule is CCCCC[C@@H](C=C[C@H]1[C@H](O[Si](C)(C)C(C)(C)C)CC(=O)[C@@H]1CO)O[Si](C)(C)C(C)(C)C. The highest BCUT2D eigenvalue weighted by Gasteiger charge is 2.47. The van der Waals surface area contributed by atoms with Crippen molar-refractivity contribution < 1.29 is 18.8 Å². The maximum Gasteiger partial charge on any atom is 0.192 e. The van der Waals surface area contributed by atoms with Gasteiger partial charge in [0, 0.05) is 18.3 Å². The molecule has 0 unspecified atom stereocenters. The van der Waals surface area contributed by atoms with Gasteiger partial charge >= 0.3 is 0 Å². The molecule has 1 aliphatic rings. The van der Waals surface area contributed by atoms with Crippen LogP contribution in [0.2, 0.25) is 36.3 Å². The largest absolute Gasteiger partial charge is 0.413 e. The fourth-order valence-electron chi connectivity index (χ4n) is 3.71. The third-order valence-electron chi connectivity index (χ3n) is 8.05. The third kappa shape index (κ3) is 7.90. The van der Waals surface area contributed by atoms with E-state index in [-0.39, 0.29) is 46.5 Å². The highest BCUT2D eigenvalue weighted by Crippen LogP contribution is 2.42. The summed E-state index contributed by atoms with van der Waals surface area (Å²) >= 11 is 0. The maximum absolute atomic E-state index is 12.7. The minimum absolute atomic E-state index is 0.0472. The lowest BCUT2D eigenvalue weighted by Crippen LogP contribution is -2.45. The second-order valence-electron chi connectivity index (χ2n) is 12.8. The minimum atomic E-state index is -2.02. The summed E-state index contributed by atoms with van der Waals surface area (Å²) in [5, 5.41) is 10.2. The standard InChI is InChI=1S/C26H52O4Si2/c1-12-13-14-15-20(29-31(8,9)25(2,3)4)16-17-21-22(19-27)23(28)18-24(21)30-32(10,11)26(5,6)7/h16-17,20-22,24,27H,12-15,18-19H2,1-11H3/t20-,21+,22+,24+/m0/s1. The monoisotopic (exact) mass is 484 g/mol. The molecule has 0 saturated heterocycles. The molecule has 6 heteroatoms. The molecule has 0 amide bonds. The fraction of sp³-hybridized carbons (Fsp3) is 0.885. The van der Waals surface area contributed by atoms with Gasteiger partial charge in [0.15, 0.2) is 16.6 Å². The topological polar surface area (TPSA) is 55.8 Å². The van der Waals surface area contributed by atoms with E-state index in [1.165, 1.54) is 12.8 Å². The van der Waals surface area contributed by atoms with Gasteiger partial charge in [-0.1, -0.05) is 79.9 Å². The number of carbonyl (C=O) groups is 1. The van der Waals surface area contributed by atoms with Crippen molar-refractivity contribution in [2.24, 2.45) is 11.8 Å². The number of aliphatic hydroxyl groups is 1. The molecule has 0 aliphatic heterocycles. The first kappa shape index (κ1) is 29.8. The van der Waals surface area contributed by atoms with Gasteiger partial charge in [-0.05, 0) is 42.7 Å². The van der Waals surface area contributed by atoms with E-state index >= 15 is 0 Å². The molecule has 0 aromatic heterocycles. The Labute approximate surface area is 200 Å². The lowest BCUT2D eigenvalue weighted by molar-refractivity contribution is -0.122. The van der Waals surface area contributed by atoms with E-state index in [2.05, 4.69) is 86.8 Å².